The third-order valence-corrected chi connectivity index (χ3v) is 6.42. The Morgan fingerprint density at radius 2 is 1.88 bits per heavy atom. The summed E-state index contributed by atoms with van der Waals surface area (Å²) in [6.45, 7) is 3.27. The number of benzene rings is 2. The molecule has 3 heterocycles. The third-order valence-electron chi connectivity index (χ3n) is 6.42. The van der Waals surface area contributed by atoms with Crippen molar-refractivity contribution >= 4 is 17.4 Å². The Labute approximate surface area is 200 Å². The fraction of sp³-hybridized carbons (Fsp3) is 0.296. The van der Waals surface area contributed by atoms with Gasteiger partial charge in [0.1, 0.15) is 11.6 Å². The second-order valence-electron chi connectivity index (χ2n) is 8.93. The molecule has 7 heteroatoms. The molecular weight excluding hydrogens is 426 g/mol. The van der Waals surface area contributed by atoms with Gasteiger partial charge in [0.15, 0.2) is 6.61 Å². The topological polar surface area (TPSA) is 63.0 Å². The van der Waals surface area contributed by atoms with E-state index in [1.165, 1.54) is 11.1 Å². The lowest BCUT2D eigenvalue weighted by atomic mass is 9.96. The molecule has 0 saturated carbocycles. The Kier molecular flexibility index (Phi) is 5.92. The number of allylic oxidation sites excluding steroid dienone is 1. The van der Waals surface area contributed by atoms with Crippen LogP contribution in [0.2, 0.25) is 0 Å². The van der Waals surface area contributed by atoms with Gasteiger partial charge in [0, 0.05) is 38.0 Å². The molecular formula is C27H29N5O2. The summed E-state index contributed by atoms with van der Waals surface area (Å²) in [5.41, 5.74) is 6.44. The van der Waals surface area contributed by atoms with Crippen molar-refractivity contribution in [1.82, 2.24) is 14.7 Å². The first-order valence-electron chi connectivity index (χ1n) is 11.6. The van der Waals surface area contributed by atoms with E-state index < -0.39 is 0 Å². The highest BCUT2D eigenvalue weighted by Crippen LogP contribution is 2.33. The molecule has 0 unspecified atom stereocenters. The molecule has 0 saturated heterocycles. The van der Waals surface area contributed by atoms with Gasteiger partial charge in [0.2, 0.25) is 0 Å². The van der Waals surface area contributed by atoms with Gasteiger partial charge in [-0.3, -0.25) is 14.4 Å². The summed E-state index contributed by atoms with van der Waals surface area (Å²) < 4.78 is 7.46. The van der Waals surface area contributed by atoms with Crippen molar-refractivity contribution in [2.75, 3.05) is 25.1 Å². The Hall–Kier alpha value is -3.87. The van der Waals surface area contributed by atoms with Crippen LogP contribution in [-0.2, 0) is 24.8 Å². The van der Waals surface area contributed by atoms with E-state index in [-0.39, 0.29) is 12.5 Å². The lowest BCUT2D eigenvalue weighted by molar-refractivity contribution is -0.121. The monoisotopic (exact) mass is 455 g/mol. The number of anilines is 1. The predicted octanol–water partition coefficient (Wildman–Crippen LogP) is 3.94. The van der Waals surface area contributed by atoms with Gasteiger partial charge in [-0.15, -0.1) is 0 Å². The zero-order valence-corrected chi connectivity index (χ0v) is 19.9. The fourth-order valence-corrected chi connectivity index (χ4v) is 4.55. The summed E-state index contributed by atoms with van der Waals surface area (Å²) >= 11 is 0. The van der Waals surface area contributed by atoms with E-state index in [1.54, 1.807) is 4.90 Å². The van der Waals surface area contributed by atoms with Gasteiger partial charge in [-0.2, -0.15) is 5.10 Å². The lowest BCUT2D eigenvalue weighted by Crippen LogP contribution is -2.40. The number of hydrogen-bond donors (Lipinski definition) is 0. The maximum Gasteiger partial charge on any atom is 0.265 e. The van der Waals surface area contributed by atoms with Gasteiger partial charge in [-0.1, -0.05) is 36.4 Å². The second kappa shape index (κ2) is 9.17. The number of nitrogens with zero attached hydrogens (tertiary/aromatic N) is 5. The molecule has 0 N–H and O–H groups in total. The van der Waals surface area contributed by atoms with E-state index in [2.05, 4.69) is 48.2 Å². The van der Waals surface area contributed by atoms with Gasteiger partial charge in [0.25, 0.3) is 5.91 Å². The van der Waals surface area contributed by atoms with E-state index in [0.717, 1.165) is 46.9 Å². The molecule has 2 aromatic carbocycles. The summed E-state index contributed by atoms with van der Waals surface area (Å²) in [4.78, 5) is 22.1. The summed E-state index contributed by atoms with van der Waals surface area (Å²) in [5.74, 6) is 1.58. The van der Waals surface area contributed by atoms with Gasteiger partial charge < -0.3 is 9.64 Å². The minimum Gasteiger partial charge on any atom is -0.482 e. The van der Waals surface area contributed by atoms with Crippen LogP contribution in [0.1, 0.15) is 30.0 Å². The van der Waals surface area contributed by atoms with Gasteiger partial charge in [-0.05, 0) is 43.0 Å². The average Bonchev–Trinajstić information content (AvgIpc) is 3.25. The third kappa shape index (κ3) is 4.33. The average molecular weight is 456 g/mol. The number of carbonyl (C=O) groups is 1. The number of carbonyl (C=O) groups excluding carboxylic acids is 1. The standard InChI is InChI=1S/C27H29N5O2/c1-19-12-13-21-8-4-5-9-22(21)27(30(2)15-20-14-28-31(3)16-20)29-23(19)17-32-24-10-6-7-11-25(24)34-18-26(32)33/h4-11,14,16H,12-13,15,17-18H2,1-3H3. The fourth-order valence-electron chi connectivity index (χ4n) is 4.55. The molecule has 174 valence electrons. The highest BCUT2D eigenvalue weighted by Gasteiger charge is 2.27. The number of fused-ring (bicyclic) bond motifs is 2. The molecule has 0 fully saturated rings. The SMILES string of the molecule is CC1=C(CN2C(=O)COc3ccccc32)N=C(N(C)Cc2cnn(C)c2)c2ccccc2CC1. The largest absolute Gasteiger partial charge is 0.482 e. The van der Waals surface area contributed by atoms with Crippen molar-refractivity contribution < 1.29 is 9.53 Å². The quantitative estimate of drug-likeness (QED) is 0.598. The molecule has 2 aliphatic heterocycles. The van der Waals surface area contributed by atoms with Gasteiger partial charge in [-0.25, -0.2) is 4.99 Å². The molecule has 1 aromatic heterocycles. The molecule has 0 spiro atoms. The number of amidine groups is 1. The zero-order valence-electron chi connectivity index (χ0n) is 19.9. The Morgan fingerprint density at radius 3 is 2.71 bits per heavy atom. The van der Waals surface area contributed by atoms with Crippen LogP contribution in [0, 0.1) is 0 Å². The van der Waals surface area contributed by atoms with Crippen LogP contribution < -0.4 is 9.64 Å². The van der Waals surface area contributed by atoms with Crippen LogP contribution in [0.4, 0.5) is 5.69 Å². The van der Waals surface area contributed by atoms with Crippen LogP contribution in [0.5, 0.6) is 5.75 Å². The van der Waals surface area contributed by atoms with Gasteiger partial charge >= 0.3 is 0 Å². The van der Waals surface area contributed by atoms with Gasteiger partial charge in [0.05, 0.1) is 24.1 Å². The second-order valence-corrected chi connectivity index (χ2v) is 8.93. The molecule has 3 aromatic rings. The first-order valence-corrected chi connectivity index (χ1v) is 11.6. The predicted molar refractivity (Wildman–Crippen MR) is 133 cm³/mol. The molecule has 0 atom stereocenters. The maximum absolute atomic E-state index is 12.9. The normalized spacial score (nSPS) is 15.7. The summed E-state index contributed by atoms with van der Waals surface area (Å²) in [7, 11) is 3.99. The summed E-state index contributed by atoms with van der Waals surface area (Å²) in [6, 6.07) is 16.2. The van der Waals surface area contributed by atoms with Crippen LogP contribution >= 0.6 is 0 Å². The van der Waals surface area contributed by atoms with E-state index in [4.69, 9.17) is 9.73 Å². The van der Waals surface area contributed by atoms with Crippen LogP contribution in [0.3, 0.4) is 0 Å². The highest BCUT2D eigenvalue weighted by molar-refractivity contribution is 6.01. The van der Waals surface area contributed by atoms with Crippen molar-refractivity contribution in [2.45, 2.75) is 26.3 Å². The van der Waals surface area contributed by atoms with Crippen LogP contribution in [-0.4, -0.2) is 46.6 Å². The van der Waals surface area contributed by atoms with E-state index in [9.17, 15) is 4.79 Å². The molecule has 7 nitrogen and oxygen atoms in total. The molecule has 0 bridgehead atoms. The molecule has 1 amide bonds. The maximum atomic E-state index is 12.9. The number of amides is 1. The van der Waals surface area contributed by atoms with E-state index in [1.807, 2.05) is 48.4 Å². The number of para-hydroxylation sites is 2. The van der Waals surface area contributed by atoms with Crippen molar-refractivity contribution in [3.05, 3.63) is 88.9 Å². The minimum absolute atomic E-state index is 0.0453. The molecule has 0 aliphatic carbocycles. The molecule has 5 rings (SSSR count). The summed E-state index contributed by atoms with van der Waals surface area (Å²) in [6.07, 6.45) is 5.74. The lowest BCUT2D eigenvalue weighted by Gasteiger charge is -2.31. The van der Waals surface area contributed by atoms with Crippen molar-refractivity contribution in [1.29, 1.82) is 0 Å². The Balaban J connectivity index is 1.54. The molecule has 2 aliphatic rings. The number of rotatable bonds is 4. The van der Waals surface area contributed by atoms with E-state index in [0.29, 0.717) is 13.1 Å². The summed E-state index contributed by atoms with van der Waals surface area (Å²) in [5, 5.41) is 4.31. The number of ether oxygens (including phenoxy) is 1. The van der Waals surface area contributed by atoms with Crippen molar-refractivity contribution in [3.8, 4) is 5.75 Å². The Bertz CT molecular complexity index is 1290. The number of hydrogen-bond acceptors (Lipinski definition) is 5. The van der Waals surface area contributed by atoms with Crippen LogP contribution in [0.15, 0.2) is 77.2 Å². The number of aliphatic imine (C=N–C) groups is 1. The first kappa shape index (κ1) is 21.9. The Morgan fingerprint density at radius 1 is 1.09 bits per heavy atom. The first-order chi connectivity index (χ1) is 16.5. The van der Waals surface area contributed by atoms with Crippen molar-refractivity contribution in [2.24, 2.45) is 12.0 Å². The molecule has 34 heavy (non-hydrogen) atoms. The highest BCUT2D eigenvalue weighted by atomic mass is 16.5. The number of aromatic nitrogens is 2. The molecule has 0 radical (unpaired) electrons. The van der Waals surface area contributed by atoms with Crippen molar-refractivity contribution in [3.63, 3.8) is 0 Å². The zero-order chi connectivity index (χ0) is 23.7. The minimum atomic E-state index is -0.0538. The van der Waals surface area contributed by atoms with Crippen LogP contribution in [0.25, 0.3) is 0 Å². The smallest absolute Gasteiger partial charge is 0.265 e. The number of aryl methyl sites for hydroxylation is 2. The van der Waals surface area contributed by atoms with E-state index >= 15 is 0 Å².